The predicted octanol–water partition coefficient (Wildman–Crippen LogP) is 6.15. The standard InChI is InChI=1S/C23H20ClN3O3S2/c1-13(21(28)27-16-8-9-18(29-2)19(10-16)30-3)32-23-20-17(11-31-22(20)25-12-26-23)14-4-6-15(24)7-5-14/h4-13H,1-3H3,(H,27,28). The summed E-state index contributed by atoms with van der Waals surface area (Å²) in [7, 11) is 3.13. The minimum atomic E-state index is -0.390. The molecule has 0 bridgehead atoms. The van der Waals surface area contributed by atoms with E-state index in [2.05, 4.69) is 20.7 Å². The van der Waals surface area contributed by atoms with Crippen LogP contribution in [0, 0.1) is 0 Å². The lowest BCUT2D eigenvalue weighted by Gasteiger charge is -2.14. The number of carbonyl (C=O) groups is 1. The predicted molar refractivity (Wildman–Crippen MR) is 131 cm³/mol. The van der Waals surface area contributed by atoms with Crippen LogP contribution in [0.2, 0.25) is 5.02 Å². The number of fused-ring (bicyclic) bond motifs is 1. The highest BCUT2D eigenvalue weighted by Gasteiger charge is 2.20. The minimum Gasteiger partial charge on any atom is -0.493 e. The first kappa shape index (κ1) is 22.4. The molecular weight excluding hydrogens is 466 g/mol. The van der Waals surface area contributed by atoms with Crippen molar-refractivity contribution >= 4 is 56.5 Å². The van der Waals surface area contributed by atoms with Gasteiger partial charge >= 0.3 is 0 Å². The molecular formula is C23H20ClN3O3S2. The Balaban J connectivity index is 1.57. The molecule has 2 aromatic heterocycles. The molecule has 0 aliphatic rings. The van der Waals surface area contributed by atoms with Crippen molar-refractivity contribution in [1.29, 1.82) is 0 Å². The molecule has 0 aliphatic carbocycles. The quantitative estimate of drug-likeness (QED) is 0.250. The van der Waals surface area contributed by atoms with Crippen LogP contribution in [0.1, 0.15) is 6.92 Å². The van der Waals surface area contributed by atoms with E-state index in [4.69, 9.17) is 21.1 Å². The van der Waals surface area contributed by atoms with Crippen LogP contribution in [0.15, 0.2) is 59.2 Å². The molecule has 1 atom stereocenters. The molecule has 1 amide bonds. The van der Waals surface area contributed by atoms with Gasteiger partial charge in [0.25, 0.3) is 0 Å². The lowest BCUT2D eigenvalue weighted by Crippen LogP contribution is -2.22. The van der Waals surface area contributed by atoms with Crippen molar-refractivity contribution in [3.8, 4) is 22.6 Å². The van der Waals surface area contributed by atoms with Crippen LogP contribution in [0.5, 0.6) is 11.5 Å². The van der Waals surface area contributed by atoms with Gasteiger partial charge in [0, 0.05) is 27.7 Å². The Labute approximate surface area is 198 Å². The fourth-order valence-corrected chi connectivity index (χ4v) is 5.20. The number of thiophene rings is 1. The van der Waals surface area contributed by atoms with E-state index >= 15 is 0 Å². The molecule has 0 saturated carbocycles. The zero-order valence-electron chi connectivity index (χ0n) is 17.6. The summed E-state index contributed by atoms with van der Waals surface area (Å²) in [4.78, 5) is 22.6. The molecule has 1 unspecified atom stereocenters. The molecule has 32 heavy (non-hydrogen) atoms. The summed E-state index contributed by atoms with van der Waals surface area (Å²) in [6.07, 6.45) is 1.53. The Bertz CT molecular complexity index is 1260. The molecule has 2 heterocycles. The largest absolute Gasteiger partial charge is 0.493 e. The van der Waals surface area contributed by atoms with Gasteiger partial charge in [0.2, 0.25) is 5.91 Å². The Morgan fingerprint density at radius 2 is 1.84 bits per heavy atom. The van der Waals surface area contributed by atoms with E-state index in [1.165, 1.54) is 18.1 Å². The van der Waals surface area contributed by atoms with E-state index in [-0.39, 0.29) is 11.2 Å². The average molecular weight is 486 g/mol. The molecule has 0 aliphatic heterocycles. The summed E-state index contributed by atoms with van der Waals surface area (Å²) in [6.45, 7) is 1.85. The van der Waals surface area contributed by atoms with Crippen LogP contribution in [-0.4, -0.2) is 35.3 Å². The second-order valence-electron chi connectivity index (χ2n) is 6.83. The number of aromatic nitrogens is 2. The molecule has 9 heteroatoms. The molecule has 4 rings (SSSR count). The Hall–Kier alpha value is -2.81. The number of halogens is 1. The van der Waals surface area contributed by atoms with Crippen molar-refractivity contribution in [3.63, 3.8) is 0 Å². The molecule has 0 fully saturated rings. The van der Waals surface area contributed by atoms with Crippen LogP contribution in [0.25, 0.3) is 21.3 Å². The summed E-state index contributed by atoms with van der Waals surface area (Å²) in [5, 5.41) is 6.98. The maximum absolute atomic E-state index is 12.9. The van der Waals surface area contributed by atoms with E-state index in [1.54, 1.807) is 43.8 Å². The molecule has 0 saturated heterocycles. The highest BCUT2D eigenvalue weighted by Crippen LogP contribution is 2.39. The fourth-order valence-electron chi connectivity index (χ4n) is 3.16. The van der Waals surface area contributed by atoms with E-state index in [9.17, 15) is 4.79 Å². The molecule has 6 nitrogen and oxygen atoms in total. The van der Waals surface area contributed by atoms with Gasteiger partial charge < -0.3 is 14.8 Å². The Morgan fingerprint density at radius 3 is 2.56 bits per heavy atom. The zero-order chi connectivity index (χ0) is 22.7. The third kappa shape index (κ3) is 4.67. The van der Waals surface area contributed by atoms with E-state index < -0.39 is 0 Å². The van der Waals surface area contributed by atoms with Gasteiger partial charge in [-0.15, -0.1) is 11.3 Å². The molecule has 1 N–H and O–H groups in total. The fraction of sp³-hybridized carbons (Fsp3) is 0.174. The minimum absolute atomic E-state index is 0.141. The first-order chi connectivity index (χ1) is 15.5. The van der Waals surface area contributed by atoms with E-state index in [0.29, 0.717) is 22.2 Å². The monoisotopic (exact) mass is 485 g/mol. The number of benzene rings is 2. The van der Waals surface area contributed by atoms with Crippen LogP contribution in [0.3, 0.4) is 0 Å². The summed E-state index contributed by atoms with van der Waals surface area (Å²) < 4.78 is 10.6. The maximum atomic E-state index is 12.9. The van der Waals surface area contributed by atoms with Gasteiger partial charge in [0.15, 0.2) is 11.5 Å². The average Bonchev–Trinajstić information content (AvgIpc) is 3.24. The molecule has 0 radical (unpaired) electrons. The van der Waals surface area contributed by atoms with E-state index in [1.807, 2.05) is 31.2 Å². The lowest BCUT2D eigenvalue weighted by atomic mass is 10.1. The van der Waals surface area contributed by atoms with Gasteiger partial charge in [0.05, 0.1) is 24.9 Å². The number of anilines is 1. The molecule has 2 aromatic carbocycles. The van der Waals surface area contributed by atoms with Crippen molar-refractivity contribution in [3.05, 3.63) is 59.2 Å². The van der Waals surface area contributed by atoms with Crippen molar-refractivity contribution < 1.29 is 14.3 Å². The molecule has 164 valence electrons. The van der Waals surface area contributed by atoms with Crippen molar-refractivity contribution in [2.75, 3.05) is 19.5 Å². The molecule has 0 spiro atoms. The number of rotatable bonds is 7. The number of hydrogen-bond donors (Lipinski definition) is 1. The van der Waals surface area contributed by atoms with Crippen molar-refractivity contribution in [1.82, 2.24) is 9.97 Å². The second kappa shape index (κ2) is 9.77. The van der Waals surface area contributed by atoms with E-state index in [0.717, 1.165) is 26.4 Å². The number of amides is 1. The van der Waals surface area contributed by atoms with Gasteiger partial charge in [-0.25, -0.2) is 9.97 Å². The number of ether oxygens (including phenoxy) is 2. The topological polar surface area (TPSA) is 73.3 Å². The third-order valence-electron chi connectivity index (χ3n) is 4.80. The summed E-state index contributed by atoms with van der Waals surface area (Å²) in [5.74, 6) is 1.01. The lowest BCUT2D eigenvalue weighted by molar-refractivity contribution is -0.115. The number of hydrogen-bond acceptors (Lipinski definition) is 7. The van der Waals surface area contributed by atoms with Crippen molar-refractivity contribution in [2.45, 2.75) is 17.2 Å². The Kier molecular flexibility index (Phi) is 6.83. The van der Waals surface area contributed by atoms with Gasteiger partial charge in [-0.1, -0.05) is 35.5 Å². The van der Waals surface area contributed by atoms with Gasteiger partial charge in [0.1, 0.15) is 16.2 Å². The second-order valence-corrected chi connectivity index (χ2v) is 9.46. The first-order valence-electron chi connectivity index (χ1n) is 9.68. The van der Waals surface area contributed by atoms with Gasteiger partial charge in [-0.3, -0.25) is 4.79 Å². The number of carbonyl (C=O) groups excluding carboxylic acids is 1. The summed E-state index contributed by atoms with van der Waals surface area (Å²) in [5.41, 5.74) is 2.68. The van der Waals surface area contributed by atoms with Crippen LogP contribution < -0.4 is 14.8 Å². The zero-order valence-corrected chi connectivity index (χ0v) is 20.0. The molecule has 4 aromatic rings. The SMILES string of the molecule is COc1ccc(NC(=O)C(C)Sc2ncnc3scc(-c4ccc(Cl)cc4)c23)cc1OC. The summed E-state index contributed by atoms with van der Waals surface area (Å²) >= 11 is 8.99. The van der Waals surface area contributed by atoms with Gasteiger partial charge in [-0.05, 0) is 36.8 Å². The third-order valence-corrected chi connectivity index (χ3v) is 7.04. The smallest absolute Gasteiger partial charge is 0.237 e. The van der Waals surface area contributed by atoms with Crippen LogP contribution >= 0.6 is 34.7 Å². The number of nitrogens with one attached hydrogen (secondary N) is 1. The number of thioether (sulfide) groups is 1. The van der Waals surface area contributed by atoms with Crippen LogP contribution in [0.4, 0.5) is 5.69 Å². The number of nitrogens with zero attached hydrogens (tertiary/aromatic N) is 2. The highest BCUT2D eigenvalue weighted by molar-refractivity contribution is 8.00. The van der Waals surface area contributed by atoms with Gasteiger partial charge in [-0.2, -0.15) is 0 Å². The first-order valence-corrected chi connectivity index (χ1v) is 11.8. The normalized spacial score (nSPS) is 11.9. The number of methoxy groups -OCH3 is 2. The van der Waals surface area contributed by atoms with Crippen LogP contribution in [-0.2, 0) is 4.79 Å². The summed E-state index contributed by atoms with van der Waals surface area (Å²) in [6, 6.07) is 12.9. The highest BCUT2D eigenvalue weighted by atomic mass is 35.5. The Morgan fingerprint density at radius 1 is 1.09 bits per heavy atom. The van der Waals surface area contributed by atoms with Crippen molar-refractivity contribution in [2.24, 2.45) is 0 Å². The maximum Gasteiger partial charge on any atom is 0.237 e.